The van der Waals surface area contributed by atoms with Crippen molar-refractivity contribution in [3.63, 3.8) is 0 Å². The van der Waals surface area contributed by atoms with Crippen LogP contribution in [0, 0.1) is 0 Å². The van der Waals surface area contributed by atoms with Crippen molar-refractivity contribution in [2.75, 3.05) is 17.3 Å². The summed E-state index contributed by atoms with van der Waals surface area (Å²) in [5, 5.41) is 5.19. The molecule has 0 radical (unpaired) electrons. The van der Waals surface area contributed by atoms with E-state index in [9.17, 15) is 22.8 Å². The Bertz CT molecular complexity index is 1560. The highest BCUT2D eigenvalue weighted by molar-refractivity contribution is 7.91. The van der Waals surface area contributed by atoms with Crippen LogP contribution in [0.15, 0.2) is 83.9 Å². The molecule has 1 unspecified atom stereocenters. The van der Waals surface area contributed by atoms with Gasteiger partial charge in [-0.25, -0.2) is 22.9 Å². The van der Waals surface area contributed by atoms with E-state index in [0.29, 0.717) is 11.4 Å². The molecule has 0 saturated heterocycles. The summed E-state index contributed by atoms with van der Waals surface area (Å²) in [6.45, 7) is 4.42. The summed E-state index contributed by atoms with van der Waals surface area (Å²) < 4.78 is 25.6. The van der Waals surface area contributed by atoms with Crippen molar-refractivity contribution in [1.82, 2.24) is 10.0 Å². The fourth-order valence-electron chi connectivity index (χ4n) is 3.81. The van der Waals surface area contributed by atoms with Gasteiger partial charge in [0.25, 0.3) is 11.8 Å². The largest absolute Gasteiger partial charge is 0.321 e. The Balaban J connectivity index is 1.56. The Morgan fingerprint density at radius 1 is 0.923 bits per heavy atom. The molecule has 3 N–H and O–H groups in total. The van der Waals surface area contributed by atoms with Gasteiger partial charge in [0.15, 0.2) is 0 Å². The normalized spacial score (nSPS) is 15.5. The van der Waals surface area contributed by atoms with Crippen LogP contribution in [-0.4, -0.2) is 49.9 Å². The number of benzodiazepines with no additional fused rings is 1. The van der Waals surface area contributed by atoms with Crippen LogP contribution >= 0.6 is 0 Å². The molecule has 0 fully saturated rings. The number of hydrogen-bond acceptors (Lipinski definition) is 6. The van der Waals surface area contributed by atoms with Gasteiger partial charge in [0.2, 0.25) is 16.2 Å². The average molecular weight is 548 g/mol. The number of likely N-dealkylation sites (N-methyl/N-ethyl adjacent to an activating group) is 1. The number of amides is 4. The lowest BCUT2D eigenvalue weighted by Crippen LogP contribution is -2.47. The highest BCUT2D eigenvalue weighted by Crippen LogP contribution is 2.27. The maximum atomic E-state index is 13.3. The molecule has 4 rings (SSSR count). The van der Waals surface area contributed by atoms with Gasteiger partial charge in [-0.2, -0.15) is 0 Å². The SMILES string of the molecule is CN1C(=O)C(NC(=O)Nc2cccc(C(=O)NS(=O)(=O)C(C)(C)C)c2)N=C(c2ccccc2)c2ccccc21. The second-order valence-electron chi connectivity index (χ2n) is 9.89. The number of rotatable bonds is 5. The van der Waals surface area contributed by atoms with Crippen LogP contribution in [-0.2, 0) is 14.8 Å². The molecule has 0 bridgehead atoms. The van der Waals surface area contributed by atoms with Crippen molar-refractivity contribution < 1.29 is 22.8 Å². The second kappa shape index (κ2) is 10.7. The smallest absolute Gasteiger partial charge is 0.311 e. The van der Waals surface area contributed by atoms with Crippen LogP contribution in [0.1, 0.15) is 42.3 Å². The van der Waals surface area contributed by atoms with E-state index in [1.54, 1.807) is 7.05 Å². The summed E-state index contributed by atoms with van der Waals surface area (Å²) in [5.41, 5.74) is 2.98. The van der Waals surface area contributed by atoms with Crippen molar-refractivity contribution in [2.24, 2.45) is 4.99 Å². The molecule has 1 heterocycles. The van der Waals surface area contributed by atoms with Gasteiger partial charge in [0.1, 0.15) is 0 Å². The Morgan fingerprint density at radius 3 is 2.28 bits per heavy atom. The van der Waals surface area contributed by atoms with Gasteiger partial charge in [-0.3, -0.25) is 9.59 Å². The van der Waals surface area contributed by atoms with Gasteiger partial charge in [0, 0.05) is 29.4 Å². The van der Waals surface area contributed by atoms with Crippen molar-refractivity contribution >= 4 is 45.0 Å². The van der Waals surface area contributed by atoms with E-state index in [1.165, 1.54) is 49.9 Å². The molecule has 3 aromatic carbocycles. The summed E-state index contributed by atoms with van der Waals surface area (Å²) in [5.74, 6) is -1.27. The van der Waals surface area contributed by atoms with E-state index in [1.807, 2.05) is 59.3 Å². The third kappa shape index (κ3) is 5.99. The molecule has 0 spiro atoms. The molecule has 39 heavy (non-hydrogen) atoms. The molecule has 0 saturated carbocycles. The Labute approximate surface area is 227 Å². The number of nitrogens with one attached hydrogen (secondary N) is 3. The lowest BCUT2D eigenvalue weighted by atomic mass is 10.0. The van der Waals surface area contributed by atoms with Crippen LogP contribution in [0.3, 0.4) is 0 Å². The van der Waals surface area contributed by atoms with Crippen LogP contribution in [0.25, 0.3) is 0 Å². The van der Waals surface area contributed by atoms with E-state index in [-0.39, 0.29) is 11.3 Å². The number of para-hydroxylation sites is 1. The van der Waals surface area contributed by atoms with Crippen LogP contribution in [0.2, 0.25) is 0 Å². The van der Waals surface area contributed by atoms with Gasteiger partial charge in [-0.1, -0.05) is 54.6 Å². The Hall–Kier alpha value is -4.51. The molecule has 202 valence electrons. The summed E-state index contributed by atoms with van der Waals surface area (Å²) in [4.78, 5) is 44.9. The number of carbonyl (C=O) groups excluding carboxylic acids is 3. The molecule has 1 aliphatic rings. The van der Waals surface area contributed by atoms with E-state index in [4.69, 9.17) is 0 Å². The van der Waals surface area contributed by atoms with E-state index < -0.39 is 38.8 Å². The fourth-order valence-corrected chi connectivity index (χ4v) is 4.47. The minimum absolute atomic E-state index is 0.0331. The summed E-state index contributed by atoms with van der Waals surface area (Å²) in [7, 11) is -2.31. The Morgan fingerprint density at radius 2 is 1.59 bits per heavy atom. The minimum Gasteiger partial charge on any atom is -0.311 e. The number of aliphatic imine (C=N–C) groups is 1. The zero-order valence-corrected chi connectivity index (χ0v) is 22.7. The monoisotopic (exact) mass is 547 g/mol. The molecule has 4 amide bonds. The number of anilines is 2. The molecule has 11 heteroatoms. The molecule has 10 nitrogen and oxygen atoms in total. The van der Waals surface area contributed by atoms with Crippen LogP contribution in [0.5, 0.6) is 0 Å². The first-order chi connectivity index (χ1) is 18.4. The molecular formula is C28H29N5O5S. The number of sulfonamides is 1. The molecule has 1 atom stereocenters. The number of fused-ring (bicyclic) bond motifs is 1. The van der Waals surface area contributed by atoms with Crippen molar-refractivity contribution in [3.8, 4) is 0 Å². The zero-order chi connectivity index (χ0) is 28.4. The first kappa shape index (κ1) is 27.5. The summed E-state index contributed by atoms with van der Waals surface area (Å²) in [6, 6.07) is 21.8. The quantitative estimate of drug-likeness (QED) is 0.449. The third-order valence-corrected chi connectivity index (χ3v) is 8.14. The summed E-state index contributed by atoms with van der Waals surface area (Å²) in [6.07, 6.45) is -1.24. The fraction of sp³-hybridized carbons (Fsp3) is 0.214. The van der Waals surface area contributed by atoms with Crippen molar-refractivity contribution in [3.05, 3.63) is 95.6 Å². The lowest BCUT2D eigenvalue weighted by molar-refractivity contribution is -0.119. The van der Waals surface area contributed by atoms with Gasteiger partial charge < -0.3 is 15.5 Å². The first-order valence-corrected chi connectivity index (χ1v) is 13.6. The molecule has 0 aliphatic carbocycles. The van der Waals surface area contributed by atoms with E-state index in [0.717, 1.165) is 11.1 Å². The first-order valence-electron chi connectivity index (χ1n) is 12.1. The van der Waals surface area contributed by atoms with Crippen molar-refractivity contribution in [1.29, 1.82) is 0 Å². The molecule has 0 aromatic heterocycles. The number of carbonyl (C=O) groups is 3. The number of urea groups is 1. The third-order valence-electron chi connectivity index (χ3n) is 6.07. The predicted molar refractivity (Wildman–Crippen MR) is 150 cm³/mol. The summed E-state index contributed by atoms with van der Waals surface area (Å²) >= 11 is 0. The van der Waals surface area contributed by atoms with Gasteiger partial charge in [-0.15, -0.1) is 0 Å². The predicted octanol–water partition coefficient (Wildman–Crippen LogP) is 3.51. The Kier molecular flexibility index (Phi) is 7.55. The molecular weight excluding hydrogens is 518 g/mol. The number of benzene rings is 3. The molecule has 3 aromatic rings. The lowest BCUT2D eigenvalue weighted by Gasteiger charge is -2.21. The van der Waals surface area contributed by atoms with Gasteiger partial charge >= 0.3 is 6.03 Å². The number of nitrogens with zero attached hydrogens (tertiary/aromatic N) is 2. The molecule has 1 aliphatic heterocycles. The van der Waals surface area contributed by atoms with Crippen molar-refractivity contribution in [2.45, 2.75) is 31.7 Å². The highest BCUT2D eigenvalue weighted by atomic mass is 32.2. The van der Waals surface area contributed by atoms with E-state index in [2.05, 4.69) is 15.6 Å². The maximum absolute atomic E-state index is 13.3. The van der Waals surface area contributed by atoms with Crippen LogP contribution < -0.4 is 20.3 Å². The maximum Gasteiger partial charge on any atom is 0.321 e. The highest BCUT2D eigenvalue weighted by Gasteiger charge is 2.32. The van der Waals surface area contributed by atoms with Gasteiger partial charge in [0.05, 0.1) is 16.1 Å². The average Bonchev–Trinajstić information content (AvgIpc) is 2.99. The van der Waals surface area contributed by atoms with Gasteiger partial charge in [-0.05, 0) is 45.0 Å². The standard InChI is InChI=1S/C28H29N5O5S/c1-28(2,3)39(37,38)32-25(34)19-13-10-14-20(17-19)29-27(36)31-24-26(35)33(4)22-16-9-8-15-21(22)23(30-24)18-11-6-5-7-12-18/h5-17,24H,1-4H3,(H,32,34)(H2,29,31,36). The van der Waals surface area contributed by atoms with E-state index >= 15 is 0 Å². The zero-order valence-electron chi connectivity index (χ0n) is 21.9. The number of hydrogen-bond donors (Lipinski definition) is 3. The van der Waals surface area contributed by atoms with Crippen LogP contribution in [0.4, 0.5) is 16.2 Å². The minimum atomic E-state index is -3.92. The second-order valence-corrected chi connectivity index (χ2v) is 12.3. The topological polar surface area (TPSA) is 137 Å².